The SMILES string of the molecule is C=CC1=C(C)N(C2CCCCC2)C(=O)C1N(C(=O)Cc1cccs1)c1ccc(C)cc1. The fourth-order valence-corrected chi connectivity index (χ4v) is 5.55. The monoisotopic (exact) mass is 434 g/mol. The molecule has 0 radical (unpaired) electrons. The first-order valence-corrected chi connectivity index (χ1v) is 12.0. The van der Waals surface area contributed by atoms with Crippen molar-refractivity contribution in [2.45, 2.75) is 64.5 Å². The number of benzene rings is 1. The van der Waals surface area contributed by atoms with Crippen LogP contribution in [0.15, 0.2) is 65.7 Å². The van der Waals surface area contributed by atoms with Crippen molar-refractivity contribution in [3.8, 4) is 0 Å². The molecule has 0 saturated heterocycles. The Hall–Kier alpha value is -2.66. The van der Waals surface area contributed by atoms with Gasteiger partial charge < -0.3 is 4.90 Å². The van der Waals surface area contributed by atoms with Crippen molar-refractivity contribution in [1.29, 1.82) is 0 Å². The molecule has 1 aliphatic heterocycles. The fraction of sp³-hybridized carbons (Fsp3) is 0.385. The average Bonchev–Trinajstić information content (AvgIpc) is 3.36. The molecule has 1 aromatic carbocycles. The number of nitrogens with zero attached hydrogens (tertiary/aromatic N) is 2. The van der Waals surface area contributed by atoms with Gasteiger partial charge in [0.2, 0.25) is 5.91 Å². The summed E-state index contributed by atoms with van der Waals surface area (Å²) in [4.78, 5) is 32.1. The highest BCUT2D eigenvalue weighted by atomic mass is 32.1. The Balaban J connectivity index is 1.73. The van der Waals surface area contributed by atoms with Crippen LogP contribution in [0.2, 0.25) is 0 Å². The van der Waals surface area contributed by atoms with Crippen LogP contribution in [0.3, 0.4) is 0 Å². The summed E-state index contributed by atoms with van der Waals surface area (Å²) in [6.45, 7) is 8.03. The van der Waals surface area contributed by atoms with Gasteiger partial charge in [0.15, 0.2) is 0 Å². The molecule has 4 rings (SSSR count). The van der Waals surface area contributed by atoms with Crippen molar-refractivity contribution in [3.63, 3.8) is 0 Å². The predicted molar refractivity (Wildman–Crippen MR) is 127 cm³/mol. The molecule has 31 heavy (non-hydrogen) atoms. The van der Waals surface area contributed by atoms with Gasteiger partial charge in [-0.05, 0) is 50.3 Å². The molecule has 2 amide bonds. The van der Waals surface area contributed by atoms with Crippen LogP contribution in [0.25, 0.3) is 0 Å². The maximum atomic E-state index is 13.8. The van der Waals surface area contributed by atoms with E-state index in [0.29, 0.717) is 0 Å². The van der Waals surface area contributed by atoms with E-state index in [1.54, 1.807) is 22.3 Å². The number of carbonyl (C=O) groups excluding carboxylic acids is 2. The lowest BCUT2D eigenvalue weighted by Crippen LogP contribution is -2.50. The summed E-state index contributed by atoms with van der Waals surface area (Å²) in [5.41, 5.74) is 3.66. The quantitative estimate of drug-likeness (QED) is 0.591. The van der Waals surface area contributed by atoms with Gasteiger partial charge in [-0.15, -0.1) is 11.3 Å². The van der Waals surface area contributed by atoms with E-state index < -0.39 is 6.04 Å². The van der Waals surface area contributed by atoms with Gasteiger partial charge in [0.25, 0.3) is 5.91 Å². The zero-order valence-corrected chi connectivity index (χ0v) is 19.2. The first kappa shape index (κ1) is 21.6. The second kappa shape index (κ2) is 9.23. The first-order valence-electron chi connectivity index (χ1n) is 11.1. The number of amides is 2. The number of carbonyl (C=O) groups is 2. The highest BCUT2D eigenvalue weighted by Gasteiger charge is 2.45. The van der Waals surface area contributed by atoms with Gasteiger partial charge in [-0.2, -0.15) is 0 Å². The normalized spacial score (nSPS) is 19.7. The molecule has 0 N–H and O–H groups in total. The standard InChI is InChI=1S/C26H30N2O2S/c1-4-23-19(3)27(20-9-6-5-7-10-20)26(30)25(23)28(21-14-12-18(2)13-15-21)24(29)17-22-11-8-16-31-22/h4,8,11-16,20,25H,1,5-7,9-10,17H2,2-3H3. The van der Waals surface area contributed by atoms with E-state index in [9.17, 15) is 9.59 Å². The van der Waals surface area contributed by atoms with Gasteiger partial charge in [-0.1, -0.05) is 55.7 Å². The number of aryl methyl sites for hydroxylation is 1. The lowest BCUT2D eigenvalue weighted by molar-refractivity contribution is -0.132. The second-order valence-electron chi connectivity index (χ2n) is 8.50. The van der Waals surface area contributed by atoms with Gasteiger partial charge in [0.1, 0.15) is 6.04 Å². The number of anilines is 1. The topological polar surface area (TPSA) is 40.6 Å². The van der Waals surface area contributed by atoms with Crippen molar-refractivity contribution in [1.82, 2.24) is 4.90 Å². The Kier molecular flexibility index (Phi) is 6.42. The maximum Gasteiger partial charge on any atom is 0.254 e. The van der Waals surface area contributed by atoms with E-state index in [1.165, 1.54) is 6.42 Å². The van der Waals surface area contributed by atoms with E-state index in [1.807, 2.05) is 60.5 Å². The minimum atomic E-state index is -0.658. The minimum absolute atomic E-state index is 0.000551. The highest BCUT2D eigenvalue weighted by Crippen LogP contribution is 2.37. The predicted octanol–water partition coefficient (Wildman–Crippen LogP) is 5.64. The third-order valence-electron chi connectivity index (χ3n) is 6.45. The Morgan fingerprint density at radius 1 is 1.16 bits per heavy atom. The molecule has 1 aliphatic carbocycles. The van der Waals surface area contributed by atoms with Crippen LogP contribution in [-0.4, -0.2) is 28.8 Å². The molecular weight excluding hydrogens is 404 g/mol. The molecule has 1 unspecified atom stereocenters. The minimum Gasteiger partial charge on any atom is -0.311 e. The van der Waals surface area contributed by atoms with Crippen LogP contribution in [0, 0.1) is 6.92 Å². The van der Waals surface area contributed by atoms with Gasteiger partial charge in [-0.25, -0.2) is 0 Å². The van der Waals surface area contributed by atoms with Crippen LogP contribution in [-0.2, 0) is 16.0 Å². The Bertz CT molecular complexity index is 985. The molecule has 2 heterocycles. The van der Waals surface area contributed by atoms with Crippen LogP contribution in [0.5, 0.6) is 0 Å². The van der Waals surface area contributed by atoms with Crippen molar-refractivity contribution in [2.75, 3.05) is 4.90 Å². The molecule has 162 valence electrons. The average molecular weight is 435 g/mol. The first-order chi connectivity index (χ1) is 15.0. The summed E-state index contributed by atoms with van der Waals surface area (Å²) >= 11 is 1.56. The van der Waals surface area contributed by atoms with E-state index >= 15 is 0 Å². The molecule has 0 spiro atoms. The Morgan fingerprint density at radius 3 is 2.48 bits per heavy atom. The zero-order chi connectivity index (χ0) is 22.0. The largest absolute Gasteiger partial charge is 0.311 e. The summed E-state index contributed by atoms with van der Waals surface area (Å²) in [7, 11) is 0. The zero-order valence-electron chi connectivity index (χ0n) is 18.3. The van der Waals surface area contributed by atoms with E-state index in [0.717, 1.165) is 53.1 Å². The molecular formula is C26H30N2O2S. The number of thiophene rings is 1. The maximum absolute atomic E-state index is 13.8. The molecule has 1 aromatic heterocycles. The molecule has 4 nitrogen and oxygen atoms in total. The summed E-state index contributed by atoms with van der Waals surface area (Å²) in [6.07, 6.45) is 7.61. The molecule has 0 bridgehead atoms. The van der Waals surface area contributed by atoms with Gasteiger partial charge in [0, 0.05) is 27.9 Å². The Labute approximate surface area is 188 Å². The lowest BCUT2D eigenvalue weighted by Gasteiger charge is -2.34. The molecule has 1 fully saturated rings. The summed E-state index contributed by atoms with van der Waals surface area (Å²) in [5.74, 6) is -0.0679. The lowest BCUT2D eigenvalue weighted by atomic mass is 9.94. The molecule has 1 saturated carbocycles. The van der Waals surface area contributed by atoms with Crippen LogP contribution in [0.1, 0.15) is 49.5 Å². The molecule has 5 heteroatoms. The van der Waals surface area contributed by atoms with E-state index in [2.05, 4.69) is 6.58 Å². The summed E-state index contributed by atoms with van der Waals surface area (Å²) < 4.78 is 0. The third kappa shape index (κ3) is 4.24. The smallest absolute Gasteiger partial charge is 0.254 e. The van der Waals surface area contributed by atoms with Gasteiger partial charge >= 0.3 is 0 Å². The number of allylic oxidation sites excluding steroid dienone is 1. The number of hydrogen-bond donors (Lipinski definition) is 0. The van der Waals surface area contributed by atoms with E-state index in [-0.39, 0.29) is 24.3 Å². The third-order valence-corrected chi connectivity index (χ3v) is 7.33. The Morgan fingerprint density at radius 2 is 1.87 bits per heavy atom. The van der Waals surface area contributed by atoms with Crippen molar-refractivity contribution < 1.29 is 9.59 Å². The molecule has 1 atom stereocenters. The summed E-state index contributed by atoms with van der Waals surface area (Å²) in [5, 5.41) is 1.98. The number of hydrogen-bond acceptors (Lipinski definition) is 3. The van der Waals surface area contributed by atoms with Crippen LogP contribution >= 0.6 is 11.3 Å². The van der Waals surface area contributed by atoms with Crippen molar-refractivity contribution in [3.05, 3.63) is 76.1 Å². The van der Waals surface area contributed by atoms with Crippen molar-refractivity contribution in [2.24, 2.45) is 0 Å². The highest BCUT2D eigenvalue weighted by molar-refractivity contribution is 7.10. The summed E-state index contributed by atoms with van der Waals surface area (Å²) in [6, 6.07) is 11.3. The second-order valence-corrected chi connectivity index (χ2v) is 9.54. The van der Waals surface area contributed by atoms with Crippen molar-refractivity contribution >= 4 is 28.8 Å². The fourth-order valence-electron chi connectivity index (χ4n) is 4.86. The van der Waals surface area contributed by atoms with Crippen LogP contribution < -0.4 is 4.90 Å². The molecule has 2 aliphatic rings. The van der Waals surface area contributed by atoms with Crippen LogP contribution in [0.4, 0.5) is 5.69 Å². The van der Waals surface area contributed by atoms with Gasteiger partial charge in [-0.3, -0.25) is 14.5 Å². The van der Waals surface area contributed by atoms with E-state index in [4.69, 9.17) is 0 Å². The van der Waals surface area contributed by atoms with Gasteiger partial charge in [0.05, 0.1) is 6.42 Å². The number of rotatable bonds is 6. The molecule has 2 aromatic rings.